The second-order valence-corrected chi connectivity index (χ2v) is 8.71. The number of hydrogen-bond acceptors (Lipinski definition) is 3. The molecule has 0 amide bonds. The number of likely N-dealkylation sites (tertiary alicyclic amines) is 1. The van der Waals surface area contributed by atoms with Gasteiger partial charge in [-0.05, 0) is 63.1 Å². The molecule has 1 aliphatic carbocycles. The van der Waals surface area contributed by atoms with Crippen LogP contribution in [0, 0.1) is 12.8 Å². The van der Waals surface area contributed by atoms with Gasteiger partial charge in [-0.1, -0.05) is 42.0 Å². The molecule has 1 saturated heterocycles. The Balaban J connectivity index is 1.34. The lowest BCUT2D eigenvalue weighted by Crippen LogP contribution is -2.56. The van der Waals surface area contributed by atoms with Crippen LogP contribution in [0.4, 0.5) is 0 Å². The Bertz CT molecular complexity index is 831. The maximum atomic E-state index is 10.3. The van der Waals surface area contributed by atoms with Crippen molar-refractivity contribution in [3.05, 3.63) is 59.2 Å². The SMILES string of the molecule is Cc1ccc(CCN2CCC34c5cccc(O)c5OC3CCCC4C2)cc1. The van der Waals surface area contributed by atoms with E-state index in [1.54, 1.807) is 6.07 Å². The minimum absolute atomic E-state index is 0.118. The lowest BCUT2D eigenvalue weighted by Gasteiger charge is -2.51. The fourth-order valence-electron chi connectivity index (χ4n) is 5.79. The summed E-state index contributed by atoms with van der Waals surface area (Å²) in [6.07, 6.45) is 6.14. The molecule has 0 bridgehead atoms. The number of para-hydroxylation sites is 1. The summed E-state index contributed by atoms with van der Waals surface area (Å²) in [5.41, 5.74) is 4.15. The smallest absolute Gasteiger partial charge is 0.165 e. The standard InChI is InChI=1S/C24H29NO2/c1-17-8-10-18(11-9-17)12-14-25-15-13-24-19(16-25)4-2-7-22(24)27-23-20(24)5-3-6-21(23)26/h3,5-6,8-11,19,22,26H,2,4,7,12-16H2,1H3. The summed E-state index contributed by atoms with van der Waals surface area (Å²) in [5.74, 6) is 1.71. The van der Waals surface area contributed by atoms with Gasteiger partial charge in [-0.3, -0.25) is 0 Å². The van der Waals surface area contributed by atoms with Crippen molar-refractivity contribution in [1.82, 2.24) is 4.90 Å². The summed E-state index contributed by atoms with van der Waals surface area (Å²) < 4.78 is 6.31. The zero-order valence-corrected chi connectivity index (χ0v) is 16.2. The summed E-state index contributed by atoms with van der Waals surface area (Å²) in [6.45, 7) is 5.55. The second-order valence-electron chi connectivity index (χ2n) is 8.71. The van der Waals surface area contributed by atoms with Crippen LogP contribution in [0.15, 0.2) is 42.5 Å². The quantitative estimate of drug-likeness (QED) is 0.875. The highest BCUT2D eigenvalue weighted by molar-refractivity contribution is 5.54. The summed E-state index contributed by atoms with van der Waals surface area (Å²) in [4.78, 5) is 2.65. The lowest BCUT2D eigenvalue weighted by molar-refractivity contribution is -0.00691. The Morgan fingerprint density at radius 2 is 2.00 bits per heavy atom. The van der Waals surface area contributed by atoms with E-state index < -0.39 is 0 Å². The first kappa shape index (κ1) is 17.1. The first-order valence-corrected chi connectivity index (χ1v) is 10.4. The molecule has 1 spiro atoms. The van der Waals surface area contributed by atoms with E-state index in [4.69, 9.17) is 4.74 Å². The highest BCUT2D eigenvalue weighted by atomic mass is 16.5. The molecule has 2 aromatic rings. The number of benzene rings is 2. The summed E-state index contributed by atoms with van der Waals surface area (Å²) in [5, 5.41) is 10.3. The molecule has 2 aliphatic heterocycles. The van der Waals surface area contributed by atoms with Crippen molar-refractivity contribution in [2.24, 2.45) is 5.92 Å². The van der Waals surface area contributed by atoms with Crippen LogP contribution in [0.3, 0.4) is 0 Å². The number of aryl methyl sites for hydroxylation is 1. The molecular formula is C24H29NO2. The minimum Gasteiger partial charge on any atom is -0.504 e. The fraction of sp³-hybridized carbons (Fsp3) is 0.500. The van der Waals surface area contributed by atoms with Crippen molar-refractivity contribution < 1.29 is 9.84 Å². The van der Waals surface area contributed by atoms with Crippen LogP contribution in [0.25, 0.3) is 0 Å². The highest BCUT2D eigenvalue weighted by Gasteiger charge is 2.57. The average Bonchev–Trinajstić information content (AvgIpc) is 3.02. The molecule has 3 unspecified atom stereocenters. The van der Waals surface area contributed by atoms with Crippen molar-refractivity contribution in [3.63, 3.8) is 0 Å². The molecule has 2 fully saturated rings. The van der Waals surface area contributed by atoms with Crippen LogP contribution in [-0.2, 0) is 11.8 Å². The topological polar surface area (TPSA) is 32.7 Å². The normalized spacial score (nSPS) is 29.5. The molecule has 27 heavy (non-hydrogen) atoms. The number of ether oxygens (including phenoxy) is 1. The number of phenolic OH excluding ortho intramolecular Hbond substituents is 1. The molecule has 3 atom stereocenters. The average molecular weight is 364 g/mol. The van der Waals surface area contributed by atoms with Crippen LogP contribution in [0.5, 0.6) is 11.5 Å². The third-order valence-corrected chi connectivity index (χ3v) is 7.24. The third kappa shape index (κ3) is 2.75. The molecule has 3 heteroatoms. The number of aromatic hydroxyl groups is 1. The van der Waals surface area contributed by atoms with E-state index in [1.165, 1.54) is 29.5 Å². The highest BCUT2D eigenvalue weighted by Crippen LogP contribution is 2.58. The Labute approximate surface area is 162 Å². The van der Waals surface area contributed by atoms with Crippen molar-refractivity contribution in [1.29, 1.82) is 0 Å². The predicted molar refractivity (Wildman–Crippen MR) is 107 cm³/mol. The minimum atomic E-state index is 0.118. The second kappa shape index (κ2) is 6.56. The number of nitrogens with zero attached hydrogens (tertiary/aromatic N) is 1. The molecule has 1 N–H and O–H groups in total. The van der Waals surface area contributed by atoms with E-state index in [-0.39, 0.29) is 11.5 Å². The van der Waals surface area contributed by atoms with Gasteiger partial charge in [0.15, 0.2) is 11.5 Å². The van der Waals surface area contributed by atoms with Gasteiger partial charge in [0.25, 0.3) is 0 Å². The Morgan fingerprint density at radius 1 is 1.15 bits per heavy atom. The molecule has 0 radical (unpaired) electrons. The van der Waals surface area contributed by atoms with Crippen LogP contribution in [0.2, 0.25) is 0 Å². The number of piperidine rings is 1. The maximum absolute atomic E-state index is 10.3. The Kier molecular flexibility index (Phi) is 4.16. The van der Waals surface area contributed by atoms with E-state index in [1.807, 2.05) is 6.07 Å². The monoisotopic (exact) mass is 363 g/mol. The molecule has 3 nitrogen and oxygen atoms in total. The fourth-order valence-corrected chi connectivity index (χ4v) is 5.79. The van der Waals surface area contributed by atoms with E-state index in [9.17, 15) is 5.11 Å². The van der Waals surface area contributed by atoms with Gasteiger partial charge in [0.1, 0.15) is 6.10 Å². The molecular weight excluding hydrogens is 334 g/mol. The first-order chi connectivity index (χ1) is 13.2. The van der Waals surface area contributed by atoms with Crippen molar-refractivity contribution in [3.8, 4) is 11.5 Å². The Morgan fingerprint density at radius 3 is 2.85 bits per heavy atom. The molecule has 0 aromatic heterocycles. The van der Waals surface area contributed by atoms with E-state index in [2.05, 4.69) is 42.2 Å². The van der Waals surface area contributed by atoms with Crippen LogP contribution in [0.1, 0.15) is 42.4 Å². The number of hydrogen-bond donors (Lipinski definition) is 1. The van der Waals surface area contributed by atoms with Gasteiger partial charge in [-0.25, -0.2) is 0 Å². The summed E-state index contributed by atoms with van der Waals surface area (Å²) in [7, 11) is 0. The number of rotatable bonds is 3. The van der Waals surface area contributed by atoms with E-state index in [0.717, 1.165) is 44.6 Å². The van der Waals surface area contributed by atoms with Gasteiger partial charge in [0.2, 0.25) is 0 Å². The molecule has 1 saturated carbocycles. The molecule has 142 valence electrons. The maximum Gasteiger partial charge on any atom is 0.165 e. The van der Waals surface area contributed by atoms with Gasteiger partial charge < -0.3 is 14.7 Å². The molecule has 2 heterocycles. The van der Waals surface area contributed by atoms with Crippen LogP contribution in [-0.4, -0.2) is 35.7 Å². The summed E-state index contributed by atoms with van der Waals surface area (Å²) in [6, 6.07) is 14.9. The zero-order chi connectivity index (χ0) is 18.4. The van der Waals surface area contributed by atoms with Crippen molar-refractivity contribution >= 4 is 0 Å². The van der Waals surface area contributed by atoms with E-state index in [0.29, 0.717) is 11.7 Å². The number of fused-ring (bicyclic) bond motifs is 1. The molecule has 3 aliphatic rings. The van der Waals surface area contributed by atoms with Gasteiger partial charge in [0.05, 0.1) is 0 Å². The van der Waals surface area contributed by atoms with Crippen molar-refractivity contribution in [2.45, 2.75) is 50.5 Å². The third-order valence-electron chi connectivity index (χ3n) is 7.24. The predicted octanol–water partition coefficient (Wildman–Crippen LogP) is 4.45. The Hall–Kier alpha value is -2.00. The zero-order valence-electron chi connectivity index (χ0n) is 16.2. The van der Waals surface area contributed by atoms with Crippen molar-refractivity contribution in [2.75, 3.05) is 19.6 Å². The largest absolute Gasteiger partial charge is 0.504 e. The van der Waals surface area contributed by atoms with E-state index >= 15 is 0 Å². The van der Waals surface area contributed by atoms with Gasteiger partial charge >= 0.3 is 0 Å². The van der Waals surface area contributed by atoms with Gasteiger partial charge in [-0.2, -0.15) is 0 Å². The van der Waals surface area contributed by atoms with Crippen LogP contribution < -0.4 is 4.74 Å². The molecule has 2 aromatic carbocycles. The van der Waals surface area contributed by atoms with Crippen LogP contribution >= 0.6 is 0 Å². The van der Waals surface area contributed by atoms with Gasteiger partial charge in [0, 0.05) is 24.1 Å². The summed E-state index contributed by atoms with van der Waals surface area (Å²) >= 11 is 0. The lowest BCUT2D eigenvalue weighted by atomic mass is 9.58. The first-order valence-electron chi connectivity index (χ1n) is 10.4. The molecule has 5 rings (SSSR count). The number of phenols is 1. The van der Waals surface area contributed by atoms with Gasteiger partial charge in [-0.15, -0.1) is 0 Å².